The van der Waals surface area contributed by atoms with Gasteiger partial charge in [-0.3, -0.25) is 19.2 Å². The van der Waals surface area contributed by atoms with Crippen molar-refractivity contribution in [2.45, 2.75) is 180 Å². The number of allylic oxidation sites excluding steroid dienone is 6. The van der Waals surface area contributed by atoms with E-state index in [1.165, 1.54) is 19.1 Å². The zero-order valence-corrected chi connectivity index (χ0v) is 41.6. The highest BCUT2D eigenvalue weighted by Gasteiger charge is 2.54. The van der Waals surface area contributed by atoms with E-state index >= 15 is 0 Å². The molecule has 3 heterocycles. The minimum Gasteiger partial charge on any atom is -0.460 e. The van der Waals surface area contributed by atoms with E-state index in [1.54, 1.807) is 34.1 Å². The molecule has 1 aliphatic carbocycles. The first-order chi connectivity index (χ1) is 31.3. The molecule has 0 aromatic carbocycles. The second-order valence-corrected chi connectivity index (χ2v) is 19.8. The van der Waals surface area contributed by atoms with Crippen LogP contribution in [0.2, 0.25) is 0 Å². The van der Waals surface area contributed by atoms with Crippen LogP contribution in [0.3, 0.4) is 0 Å². The lowest BCUT2D eigenvalue weighted by Crippen LogP contribution is -2.61. The van der Waals surface area contributed by atoms with Gasteiger partial charge >= 0.3 is 5.97 Å². The molecule has 0 radical (unpaired) electrons. The zero-order chi connectivity index (χ0) is 48.9. The van der Waals surface area contributed by atoms with Crippen molar-refractivity contribution < 1.29 is 62.6 Å². The Labute approximate surface area is 393 Å². The molecule has 14 heteroatoms. The second-order valence-electron chi connectivity index (χ2n) is 19.8. The number of hydrogen-bond donors (Lipinski definition) is 2. The van der Waals surface area contributed by atoms with Crippen LogP contribution in [0.15, 0.2) is 47.6 Å². The number of ketones is 3. The van der Waals surface area contributed by atoms with Crippen molar-refractivity contribution in [3.8, 4) is 0 Å². The number of fused-ring (bicyclic) bond motifs is 3. The predicted molar refractivity (Wildman–Crippen MR) is 250 cm³/mol. The SMILES string of the molecule is CO[C@H]1C[C@@H]2CC[C@@H](C)[C@@](OC)(O2)C(=O)C(=O)N2CCCCC2C(=O)O[C@H]([C@H](C)C[C@@H]2CC[C@@H](O)[C@H](OC)C2)CC(=O)C(C)=CC(C)[C@@H](O)[C@@H](OC)C(=O)[C@H](C)C[C@H](C)C=CC=CC=C1C. The van der Waals surface area contributed by atoms with Gasteiger partial charge < -0.3 is 43.5 Å². The third-order valence-corrected chi connectivity index (χ3v) is 14.8. The number of carbonyl (C=O) groups excluding carboxylic acids is 5. The highest BCUT2D eigenvalue weighted by molar-refractivity contribution is 6.39. The van der Waals surface area contributed by atoms with E-state index in [1.807, 2.05) is 65.0 Å². The van der Waals surface area contributed by atoms with Crippen LogP contribution >= 0.6 is 0 Å². The van der Waals surface area contributed by atoms with Gasteiger partial charge in [0.1, 0.15) is 18.2 Å². The number of nitrogens with zero attached hydrogens (tertiary/aromatic N) is 1. The quantitative estimate of drug-likeness (QED) is 0.200. The van der Waals surface area contributed by atoms with Crippen LogP contribution in [-0.2, 0) is 52.4 Å². The number of cyclic esters (lactones) is 1. The lowest BCUT2D eigenvalue weighted by atomic mass is 9.78. The Morgan fingerprint density at radius 3 is 2.24 bits per heavy atom. The number of Topliss-reactive ketones (excluding diaryl/α,β-unsaturated/α-hetero) is 3. The maximum absolute atomic E-state index is 14.5. The average molecular weight is 928 g/mol. The topological polar surface area (TPSA) is 184 Å². The molecular formula is C52H81NO13. The van der Waals surface area contributed by atoms with Gasteiger partial charge in [0.2, 0.25) is 5.79 Å². The average Bonchev–Trinajstić information content (AvgIpc) is 3.30. The summed E-state index contributed by atoms with van der Waals surface area (Å²) in [6, 6.07) is -1.09. The van der Waals surface area contributed by atoms with Crippen LogP contribution in [0, 0.1) is 35.5 Å². The lowest BCUT2D eigenvalue weighted by Gasteiger charge is -2.44. The normalized spacial score (nSPS) is 37.4. The molecule has 66 heavy (non-hydrogen) atoms. The smallest absolute Gasteiger partial charge is 0.329 e. The molecule has 2 bridgehead atoms. The number of ether oxygens (including phenoxy) is 6. The number of esters is 1. The van der Waals surface area contributed by atoms with Crippen molar-refractivity contribution in [1.82, 2.24) is 4.90 Å². The molecule has 0 spiro atoms. The van der Waals surface area contributed by atoms with Gasteiger partial charge in [-0.25, -0.2) is 4.79 Å². The summed E-state index contributed by atoms with van der Waals surface area (Å²) in [6.07, 6.45) is 12.1. The number of rotatable bonds is 7. The van der Waals surface area contributed by atoms with Crippen molar-refractivity contribution in [2.24, 2.45) is 35.5 Å². The first kappa shape index (κ1) is 55.2. The van der Waals surface area contributed by atoms with Crippen LogP contribution in [0.5, 0.6) is 0 Å². The minimum absolute atomic E-state index is 0.0334. The molecule has 3 aliphatic heterocycles. The summed E-state index contributed by atoms with van der Waals surface area (Å²) in [5.41, 5.74) is 1.25. The zero-order valence-electron chi connectivity index (χ0n) is 41.6. The van der Waals surface area contributed by atoms with Gasteiger partial charge in [-0.05, 0) is 107 Å². The molecule has 4 rings (SSSR count). The molecule has 4 aliphatic rings. The molecule has 1 saturated carbocycles. The number of carbonyl (C=O) groups is 5. The van der Waals surface area contributed by atoms with E-state index in [2.05, 4.69) is 0 Å². The predicted octanol–water partition coefficient (Wildman–Crippen LogP) is 6.83. The summed E-state index contributed by atoms with van der Waals surface area (Å²) in [5, 5.41) is 22.0. The second kappa shape index (κ2) is 25.8. The van der Waals surface area contributed by atoms with Crippen molar-refractivity contribution >= 4 is 29.2 Å². The molecule has 14 nitrogen and oxygen atoms in total. The first-order valence-corrected chi connectivity index (χ1v) is 24.3. The van der Waals surface area contributed by atoms with E-state index in [9.17, 15) is 34.2 Å². The molecule has 0 aromatic rings. The monoisotopic (exact) mass is 928 g/mol. The Morgan fingerprint density at radius 1 is 0.848 bits per heavy atom. The van der Waals surface area contributed by atoms with E-state index in [-0.39, 0.29) is 60.9 Å². The van der Waals surface area contributed by atoms with Gasteiger partial charge in [-0.2, -0.15) is 0 Å². The summed E-state index contributed by atoms with van der Waals surface area (Å²) in [4.78, 5) is 72.6. The summed E-state index contributed by atoms with van der Waals surface area (Å²) in [5.74, 6) is -6.62. The Kier molecular flexibility index (Phi) is 21.6. The molecule has 0 aromatic heterocycles. The van der Waals surface area contributed by atoms with Gasteiger partial charge in [0.25, 0.3) is 11.7 Å². The van der Waals surface area contributed by atoms with Gasteiger partial charge in [-0.15, -0.1) is 0 Å². The third kappa shape index (κ3) is 14.1. The van der Waals surface area contributed by atoms with Crippen LogP contribution < -0.4 is 0 Å². The maximum atomic E-state index is 14.5. The molecule has 3 fully saturated rings. The summed E-state index contributed by atoms with van der Waals surface area (Å²) >= 11 is 0. The van der Waals surface area contributed by atoms with Gasteiger partial charge in [-0.1, -0.05) is 71.1 Å². The third-order valence-electron chi connectivity index (χ3n) is 14.8. The van der Waals surface area contributed by atoms with E-state index in [0.717, 1.165) is 12.0 Å². The molecule has 1 amide bonds. The Bertz CT molecular complexity index is 1770. The Hall–Kier alpha value is -3.37. The number of piperidine rings is 1. The van der Waals surface area contributed by atoms with Crippen LogP contribution in [0.1, 0.15) is 126 Å². The highest BCUT2D eigenvalue weighted by atomic mass is 16.7. The molecule has 2 saturated heterocycles. The van der Waals surface area contributed by atoms with Gasteiger partial charge in [0.15, 0.2) is 11.6 Å². The Balaban J connectivity index is 1.72. The molecule has 372 valence electrons. The van der Waals surface area contributed by atoms with Crippen LogP contribution in [0.4, 0.5) is 0 Å². The largest absolute Gasteiger partial charge is 0.460 e. The maximum Gasteiger partial charge on any atom is 0.329 e. The number of amides is 1. The molecular weight excluding hydrogens is 847 g/mol. The fourth-order valence-corrected chi connectivity index (χ4v) is 10.5. The van der Waals surface area contributed by atoms with Crippen molar-refractivity contribution in [3.63, 3.8) is 0 Å². The molecule has 15 atom stereocenters. The summed E-state index contributed by atoms with van der Waals surface area (Å²) < 4.78 is 35.8. The minimum atomic E-state index is -1.89. The van der Waals surface area contributed by atoms with E-state index in [4.69, 9.17) is 28.4 Å². The first-order valence-electron chi connectivity index (χ1n) is 24.3. The highest BCUT2D eigenvalue weighted by Crippen LogP contribution is 2.39. The van der Waals surface area contributed by atoms with Crippen LogP contribution in [0.25, 0.3) is 0 Å². The Morgan fingerprint density at radius 2 is 1.58 bits per heavy atom. The fraction of sp³-hybridized carbons (Fsp3) is 0.750. The van der Waals surface area contributed by atoms with Crippen molar-refractivity contribution in [1.29, 1.82) is 0 Å². The van der Waals surface area contributed by atoms with E-state index in [0.29, 0.717) is 63.4 Å². The number of aliphatic hydroxyl groups is 2. The number of hydrogen-bond acceptors (Lipinski definition) is 13. The summed E-state index contributed by atoms with van der Waals surface area (Å²) in [6.45, 7) is 13.1. The number of methoxy groups -OCH3 is 4. The molecule has 2 unspecified atom stereocenters. The fourth-order valence-electron chi connectivity index (χ4n) is 10.5. The van der Waals surface area contributed by atoms with E-state index < -0.39 is 77.8 Å². The van der Waals surface area contributed by atoms with Gasteiger partial charge in [0.05, 0.1) is 30.5 Å². The molecule has 2 N–H and O–H groups in total. The van der Waals surface area contributed by atoms with Crippen LogP contribution in [-0.4, -0.2) is 134 Å². The lowest BCUT2D eigenvalue weighted by molar-refractivity contribution is -0.277. The summed E-state index contributed by atoms with van der Waals surface area (Å²) in [7, 11) is 5.95. The number of aliphatic hydroxyl groups excluding tert-OH is 2. The van der Waals surface area contributed by atoms with Crippen molar-refractivity contribution in [3.05, 3.63) is 47.6 Å². The van der Waals surface area contributed by atoms with Gasteiger partial charge in [0, 0.05) is 65.6 Å². The standard InChI is InChI=1S/C52H81NO13/c1-31-17-13-12-14-18-32(2)43(61-8)29-39-22-20-37(7)52(64-11,66-39)49(58)50(59)53-24-16-15-19-40(53)51(60)65-44(34(4)27-38-21-23-41(54)45(28-38)62-9)30-42(55)33(3)26-36(6)47(57)48(63-10)46(56)35(5)25-31/h12-14,17-18,26,31,34-41,43-45,47-48,54,57H,15-16,19-25,27-30H2,1-11H3/t31-,34-,35-,36?,37-,38+,39+,40?,41-,43+,44+,45-,47-,48+,52-/m1/s1. The van der Waals surface area contributed by atoms with Crippen molar-refractivity contribution in [2.75, 3.05) is 35.0 Å².